The average molecular weight is 657 g/mol. The Kier molecular flexibility index (Phi) is 7.43. The molecule has 8 aliphatic carbocycles. The Morgan fingerprint density at radius 1 is 0.816 bits per heavy atom. The summed E-state index contributed by atoms with van der Waals surface area (Å²) in [6.07, 6.45) is 46.2. The number of alkyl halides is 1. The molecule has 10 rings (SSSR count). The van der Waals surface area contributed by atoms with Crippen molar-refractivity contribution in [1.29, 1.82) is 0 Å². The lowest BCUT2D eigenvalue weighted by atomic mass is 9.70. The first-order valence-corrected chi connectivity index (χ1v) is 19.8. The van der Waals surface area contributed by atoms with E-state index in [2.05, 4.69) is 109 Å². The minimum absolute atomic E-state index is 0.0857. The van der Waals surface area contributed by atoms with E-state index in [-0.39, 0.29) is 23.5 Å². The number of halogens is 1. The predicted molar refractivity (Wildman–Crippen MR) is 196 cm³/mol. The van der Waals surface area contributed by atoms with Gasteiger partial charge < -0.3 is 9.64 Å². The van der Waals surface area contributed by atoms with Gasteiger partial charge in [0.25, 0.3) is 0 Å². The van der Waals surface area contributed by atoms with Crippen LogP contribution in [0.25, 0.3) is 0 Å². The lowest BCUT2D eigenvalue weighted by molar-refractivity contribution is 0.0855. The summed E-state index contributed by atoms with van der Waals surface area (Å²) in [7, 11) is 0. The second-order valence-corrected chi connectivity index (χ2v) is 17.2. The van der Waals surface area contributed by atoms with Crippen molar-refractivity contribution in [3.05, 3.63) is 119 Å². The molecule has 3 nitrogen and oxygen atoms in total. The molecule has 49 heavy (non-hydrogen) atoms. The summed E-state index contributed by atoms with van der Waals surface area (Å²) >= 11 is 0. The molecule has 1 saturated carbocycles. The van der Waals surface area contributed by atoms with E-state index >= 15 is 0 Å². The fraction of sp³-hybridized carbons (Fsp3) is 0.556. The highest BCUT2D eigenvalue weighted by molar-refractivity contribution is 5.54. The number of hydrogen-bond donors (Lipinski definition) is 0. The molecule has 0 aromatic rings. The molecule has 3 fully saturated rings. The first kappa shape index (κ1) is 30.8. The van der Waals surface area contributed by atoms with E-state index in [4.69, 9.17) is 4.74 Å². The first-order chi connectivity index (χ1) is 24.0. The molecule has 0 radical (unpaired) electrons. The Balaban J connectivity index is 1.12. The van der Waals surface area contributed by atoms with Crippen LogP contribution in [0.1, 0.15) is 78.1 Å². The highest BCUT2D eigenvalue weighted by Gasteiger charge is 2.54. The summed E-state index contributed by atoms with van der Waals surface area (Å²) in [5.74, 6) is 2.81. The number of fused-ring (bicyclic) bond motifs is 9. The van der Waals surface area contributed by atoms with Gasteiger partial charge in [0.15, 0.2) is 0 Å². The number of likely N-dealkylation sites (tertiary alicyclic amines) is 1. The van der Waals surface area contributed by atoms with Crippen molar-refractivity contribution in [3.8, 4) is 0 Å². The molecular weight excluding hydrogens is 604 g/mol. The topological polar surface area (TPSA) is 15.7 Å². The van der Waals surface area contributed by atoms with Crippen molar-refractivity contribution in [3.63, 3.8) is 0 Å². The van der Waals surface area contributed by atoms with Gasteiger partial charge in [0.05, 0.1) is 12.2 Å². The van der Waals surface area contributed by atoms with E-state index < -0.39 is 6.17 Å². The Labute approximate surface area is 293 Å². The molecule has 12 atom stereocenters. The van der Waals surface area contributed by atoms with Crippen molar-refractivity contribution in [2.24, 2.45) is 40.9 Å². The van der Waals surface area contributed by atoms with E-state index in [1.54, 1.807) is 11.1 Å². The number of allylic oxidation sites excluding steroid dienone is 12. The normalized spacial score (nSPS) is 44.0. The fourth-order valence-electron chi connectivity index (χ4n) is 12.4. The lowest BCUT2D eigenvalue weighted by Crippen LogP contribution is -2.47. The maximum absolute atomic E-state index is 14.3. The van der Waals surface area contributed by atoms with Crippen LogP contribution in [0.2, 0.25) is 0 Å². The summed E-state index contributed by atoms with van der Waals surface area (Å²) in [5, 5.41) is 0. The highest BCUT2D eigenvalue weighted by atomic mass is 19.1. The lowest BCUT2D eigenvalue weighted by Gasteiger charge is -2.44. The van der Waals surface area contributed by atoms with E-state index in [9.17, 15) is 4.39 Å². The van der Waals surface area contributed by atoms with Gasteiger partial charge in [-0.1, -0.05) is 92.8 Å². The molecule has 0 N–H and O–H groups in total. The minimum Gasteiger partial charge on any atom is -0.365 e. The van der Waals surface area contributed by atoms with Gasteiger partial charge in [-0.15, -0.1) is 0 Å². The molecule has 2 aliphatic heterocycles. The summed E-state index contributed by atoms with van der Waals surface area (Å²) in [4.78, 5) is 5.65. The van der Waals surface area contributed by atoms with Crippen LogP contribution in [-0.2, 0) is 4.74 Å². The molecule has 12 unspecified atom stereocenters. The second-order valence-electron chi connectivity index (χ2n) is 17.2. The molecule has 0 amide bonds. The van der Waals surface area contributed by atoms with E-state index in [0.717, 1.165) is 32.1 Å². The smallest absolute Gasteiger partial charge is 0.118 e. The molecule has 2 heterocycles. The monoisotopic (exact) mass is 656 g/mol. The van der Waals surface area contributed by atoms with Crippen LogP contribution < -0.4 is 0 Å². The number of nitrogens with zero attached hydrogens (tertiary/aromatic N) is 2. The zero-order valence-corrected chi connectivity index (χ0v) is 29.3. The number of hydrogen-bond acceptors (Lipinski definition) is 3. The van der Waals surface area contributed by atoms with Gasteiger partial charge in [-0.25, -0.2) is 4.39 Å². The quantitative estimate of drug-likeness (QED) is 0.280. The number of ether oxygens (including phenoxy) is 1. The summed E-state index contributed by atoms with van der Waals surface area (Å²) < 4.78 is 21.0. The van der Waals surface area contributed by atoms with E-state index in [1.165, 1.54) is 42.8 Å². The van der Waals surface area contributed by atoms with Crippen LogP contribution in [0, 0.1) is 40.9 Å². The Morgan fingerprint density at radius 3 is 2.59 bits per heavy atom. The molecule has 0 aromatic heterocycles. The van der Waals surface area contributed by atoms with Crippen molar-refractivity contribution in [2.45, 2.75) is 115 Å². The van der Waals surface area contributed by atoms with Crippen molar-refractivity contribution in [2.75, 3.05) is 0 Å². The van der Waals surface area contributed by atoms with Gasteiger partial charge in [-0.05, 0) is 105 Å². The Morgan fingerprint density at radius 2 is 1.69 bits per heavy atom. The van der Waals surface area contributed by atoms with Crippen LogP contribution in [-0.4, -0.2) is 46.3 Å². The summed E-state index contributed by atoms with van der Waals surface area (Å²) in [5.41, 5.74) is 7.91. The third-order valence-electron chi connectivity index (χ3n) is 14.5. The maximum atomic E-state index is 14.3. The van der Waals surface area contributed by atoms with Gasteiger partial charge in [-0.3, -0.25) is 4.90 Å². The van der Waals surface area contributed by atoms with Gasteiger partial charge >= 0.3 is 0 Å². The standard InChI is InChI=1S/C45H53FN2O/c1-45(2)35-14-6-3-12-32(35)43-36(45)15-9-17-39(43)48(40-18-10-20-42-44(40)33-13-5-8-19-41(33)49-42)30-25-26-38-34(27-30)31-11-4-7-16-37(31)47(38)29-23-21-28(46)22-24-29/h4-5,8-13,17-21,23,27-29,31,33-38,41-42,44H,3,6-7,14-16,22,24-26H2,1-2H3. The van der Waals surface area contributed by atoms with Crippen LogP contribution in [0.5, 0.6) is 0 Å². The molecule has 0 bridgehead atoms. The van der Waals surface area contributed by atoms with E-state index in [0.29, 0.717) is 54.1 Å². The van der Waals surface area contributed by atoms with Crippen LogP contribution >= 0.6 is 0 Å². The SMILES string of the molecule is CC1(C)C2CCCC=C2C2=C(N(C3=CC4C5C=CCCC5N(C5C=CC(F)CC5)C4CC3)C3=CC=CC4OC5C=CC=CC5C34)C=CCC21. The Bertz CT molecular complexity index is 1700. The minimum atomic E-state index is -0.778. The van der Waals surface area contributed by atoms with Crippen molar-refractivity contribution < 1.29 is 9.13 Å². The van der Waals surface area contributed by atoms with Crippen molar-refractivity contribution in [1.82, 2.24) is 9.80 Å². The zero-order valence-electron chi connectivity index (χ0n) is 29.3. The molecule has 256 valence electrons. The fourth-order valence-corrected chi connectivity index (χ4v) is 12.4. The highest BCUT2D eigenvalue weighted by Crippen LogP contribution is 2.61. The molecular formula is C45H53FN2O. The van der Waals surface area contributed by atoms with E-state index in [1.807, 2.05) is 6.08 Å². The summed E-state index contributed by atoms with van der Waals surface area (Å²) in [6.45, 7) is 5.11. The molecule has 2 saturated heterocycles. The second kappa shape index (κ2) is 11.8. The van der Waals surface area contributed by atoms with Crippen LogP contribution in [0.15, 0.2) is 119 Å². The largest absolute Gasteiger partial charge is 0.365 e. The van der Waals surface area contributed by atoms with Crippen molar-refractivity contribution >= 4 is 0 Å². The third kappa shape index (κ3) is 4.72. The first-order valence-electron chi connectivity index (χ1n) is 19.8. The molecule has 0 spiro atoms. The van der Waals surface area contributed by atoms with Gasteiger partial charge in [0, 0.05) is 58.9 Å². The zero-order chi connectivity index (χ0) is 32.9. The van der Waals surface area contributed by atoms with Crippen LogP contribution in [0.3, 0.4) is 0 Å². The molecule has 0 aromatic carbocycles. The van der Waals surface area contributed by atoms with Gasteiger partial charge in [-0.2, -0.15) is 0 Å². The molecule has 4 heteroatoms. The third-order valence-corrected chi connectivity index (χ3v) is 14.5. The predicted octanol–water partition coefficient (Wildman–Crippen LogP) is 9.83. The summed E-state index contributed by atoms with van der Waals surface area (Å²) in [6, 6.07) is 1.42. The van der Waals surface area contributed by atoms with Gasteiger partial charge in [0.1, 0.15) is 6.17 Å². The number of rotatable bonds is 4. The maximum Gasteiger partial charge on any atom is 0.118 e. The average Bonchev–Trinajstić information content (AvgIpc) is 3.75. The Hall–Kier alpha value is -2.95. The molecule has 10 aliphatic rings. The van der Waals surface area contributed by atoms with Crippen LogP contribution in [0.4, 0.5) is 4.39 Å². The van der Waals surface area contributed by atoms with Gasteiger partial charge in [0.2, 0.25) is 0 Å².